The van der Waals surface area contributed by atoms with E-state index in [1.165, 1.54) is 0 Å². The van der Waals surface area contributed by atoms with E-state index in [9.17, 15) is 5.11 Å². The highest BCUT2D eigenvalue weighted by atomic mass is 16.3. The number of phenolic OH excluding ortho intramolecular Hbond substituents is 1. The van der Waals surface area contributed by atoms with Gasteiger partial charge in [0.05, 0.1) is 0 Å². The van der Waals surface area contributed by atoms with Gasteiger partial charge in [0.25, 0.3) is 0 Å². The summed E-state index contributed by atoms with van der Waals surface area (Å²) in [6.07, 6.45) is 0. The average molecular weight is 194 g/mol. The molecule has 0 aromatic heterocycles. The summed E-state index contributed by atoms with van der Waals surface area (Å²) in [5, 5.41) is 9.51. The Balaban J connectivity index is 3.53. The molecule has 0 aliphatic rings. The van der Waals surface area contributed by atoms with Crippen molar-refractivity contribution in [2.75, 3.05) is 11.5 Å². The summed E-state index contributed by atoms with van der Waals surface area (Å²) in [6, 6.07) is 1.56. The second-order valence-corrected chi connectivity index (χ2v) is 4.65. The van der Waals surface area contributed by atoms with E-state index in [0.29, 0.717) is 16.9 Å². The Kier molecular flexibility index (Phi) is 2.36. The molecule has 3 heteroatoms. The Labute approximate surface area is 84.7 Å². The van der Waals surface area contributed by atoms with E-state index in [2.05, 4.69) is 0 Å². The quantitative estimate of drug-likeness (QED) is 0.554. The maximum absolute atomic E-state index is 9.51. The molecule has 0 spiro atoms. The summed E-state index contributed by atoms with van der Waals surface area (Å²) in [5.74, 6) is 0.160. The predicted molar refractivity (Wildman–Crippen MR) is 60.4 cm³/mol. The van der Waals surface area contributed by atoms with Gasteiger partial charge < -0.3 is 16.6 Å². The fraction of sp³-hybridized carbons (Fsp3) is 0.455. The van der Waals surface area contributed by atoms with E-state index in [-0.39, 0.29) is 11.2 Å². The molecule has 5 N–H and O–H groups in total. The first-order chi connectivity index (χ1) is 6.25. The fourth-order valence-corrected chi connectivity index (χ4v) is 1.65. The first kappa shape index (κ1) is 10.7. The molecule has 0 amide bonds. The van der Waals surface area contributed by atoms with Crippen LogP contribution in [0.15, 0.2) is 6.07 Å². The Bertz CT molecular complexity index is 365. The highest BCUT2D eigenvalue weighted by molar-refractivity contribution is 5.71. The number of hydrogen-bond acceptors (Lipinski definition) is 3. The van der Waals surface area contributed by atoms with Gasteiger partial charge in [-0.2, -0.15) is 0 Å². The highest BCUT2D eigenvalue weighted by Crippen LogP contribution is 2.38. The van der Waals surface area contributed by atoms with Gasteiger partial charge in [0.1, 0.15) is 5.75 Å². The lowest BCUT2D eigenvalue weighted by Crippen LogP contribution is -2.17. The Hall–Kier alpha value is -1.38. The van der Waals surface area contributed by atoms with Gasteiger partial charge in [0.15, 0.2) is 0 Å². The lowest BCUT2D eigenvalue weighted by Gasteiger charge is -2.24. The Morgan fingerprint density at radius 3 is 2.14 bits per heavy atom. The number of phenols is 1. The topological polar surface area (TPSA) is 72.3 Å². The van der Waals surface area contributed by atoms with Crippen molar-refractivity contribution in [2.24, 2.45) is 0 Å². The zero-order valence-electron chi connectivity index (χ0n) is 9.18. The summed E-state index contributed by atoms with van der Waals surface area (Å²) >= 11 is 0. The minimum atomic E-state index is -0.105. The van der Waals surface area contributed by atoms with E-state index < -0.39 is 0 Å². The molecule has 0 unspecified atom stereocenters. The van der Waals surface area contributed by atoms with Gasteiger partial charge in [-0.3, -0.25) is 0 Å². The van der Waals surface area contributed by atoms with Gasteiger partial charge in [-0.25, -0.2) is 0 Å². The number of aromatic hydroxyl groups is 1. The van der Waals surface area contributed by atoms with Crippen molar-refractivity contribution in [1.82, 2.24) is 0 Å². The molecule has 1 rings (SSSR count). The third-order valence-corrected chi connectivity index (χ3v) is 2.39. The van der Waals surface area contributed by atoms with E-state index in [1.54, 1.807) is 13.0 Å². The lowest BCUT2D eigenvalue weighted by atomic mass is 9.83. The van der Waals surface area contributed by atoms with Gasteiger partial charge in [-0.1, -0.05) is 20.8 Å². The molecule has 78 valence electrons. The number of nitrogen functional groups attached to an aromatic ring is 2. The average Bonchev–Trinajstić information content (AvgIpc) is 1.97. The molecular formula is C11H18N2O. The Morgan fingerprint density at radius 1 is 1.21 bits per heavy atom. The second kappa shape index (κ2) is 3.08. The predicted octanol–water partition coefficient (Wildman–Crippen LogP) is 2.16. The van der Waals surface area contributed by atoms with E-state index in [1.807, 2.05) is 20.8 Å². The molecule has 0 aliphatic carbocycles. The van der Waals surface area contributed by atoms with Crippen LogP contribution in [0.5, 0.6) is 5.75 Å². The minimum absolute atomic E-state index is 0.105. The Morgan fingerprint density at radius 2 is 1.71 bits per heavy atom. The van der Waals surface area contributed by atoms with Crippen molar-refractivity contribution in [3.8, 4) is 5.75 Å². The largest absolute Gasteiger partial charge is 0.508 e. The van der Waals surface area contributed by atoms with Crippen LogP contribution < -0.4 is 11.5 Å². The van der Waals surface area contributed by atoms with Gasteiger partial charge in [0.2, 0.25) is 0 Å². The van der Waals surface area contributed by atoms with Gasteiger partial charge in [0, 0.05) is 28.6 Å². The first-order valence-corrected chi connectivity index (χ1v) is 4.63. The van der Waals surface area contributed by atoms with Crippen molar-refractivity contribution in [1.29, 1.82) is 0 Å². The molecule has 0 radical (unpaired) electrons. The van der Waals surface area contributed by atoms with Crippen LogP contribution in [0.1, 0.15) is 31.9 Å². The van der Waals surface area contributed by atoms with Crippen molar-refractivity contribution in [2.45, 2.75) is 33.1 Å². The molecule has 0 aliphatic heterocycles. The minimum Gasteiger partial charge on any atom is -0.508 e. The van der Waals surface area contributed by atoms with Gasteiger partial charge in [-0.05, 0) is 12.3 Å². The second-order valence-electron chi connectivity index (χ2n) is 4.65. The van der Waals surface area contributed by atoms with Crippen LogP contribution in [0.2, 0.25) is 0 Å². The third-order valence-electron chi connectivity index (χ3n) is 2.39. The van der Waals surface area contributed by atoms with E-state index in [0.717, 1.165) is 5.56 Å². The maximum atomic E-state index is 9.51. The van der Waals surface area contributed by atoms with Gasteiger partial charge in [-0.15, -0.1) is 0 Å². The fourth-order valence-electron chi connectivity index (χ4n) is 1.65. The van der Waals surface area contributed by atoms with Crippen LogP contribution in [-0.4, -0.2) is 5.11 Å². The molecular weight excluding hydrogens is 176 g/mol. The van der Waals surface area contributed by atoms with Crippen molar-refractivity contribution >= 4 is 11.4 Å². The number of anilines is 2. The molecule has 3 nitrogen and oxygen atoms in total. The summed E-state index contributed by atoms with van der Waals surface area (Å²) in [4.78, 5) is 0. The molecule has 14 heavy (non-hydrogen) atoms. The molecule has 0 atom stereocenters. The van der Waals surface area contributed by atoms with Gasteiger partial charge >= 0.3 is 0 Å². The van der Waals surface area contributed by atoms with Crippen LogP contribution in [0, 0.1) is 6.92 Å². The molecule has 0 saturated carbocycles. The lowest BCUT2D eigenvalue weighted by molar-refractivity contribution is 0.471. The highest BCUT2D eigenvalue weighted by Gasteiger charge is 2.22. The van der Waals surface area contributed by atoms with Crippen LogP contribution in [-0.2, 0) is 5.41 Å². The summed E-state index contributed by atoms with van der Waals surface area (Å²) < 4.78 is 0. The number of benzene rings is 1. The van der Waals surface area contributed by atoms with Crippen LogP contribution in [0.25, 0.3) is 0 Å². The van der Waals surface area contributed by atoms with Crippen LogP contribution in [0.4, 0.5) is 11.4 Å². The SMILES string of the molecule is Cc1c(O)cc(N)c(C(C)(C)C)c1N. The molecule has 1 aromatic rings. The monoisotopic (exact) mass is 194 g/mol. The molecule has 0 heterocycles. The molecule has 1 aromatic carbocycles. The molecule has 0 saturated heterocycles. The van der Waals surface area contributed by atoms with Crippen LogP contribution in [0.3, 0.4) is 0 Å². The zero-order chi connectivity index (χ0) is 11.1. The normalized spacial score (nSPS) is 11.7. The first-order valence-electron chi connectivity index (χ1n) is 4.63. The standard InChI is InChI=1S/C11H18N2O/c1-6-8(14)5-7(12)9(10(6)13)11(2,3)4/h5,14H,12-13H2,1-4H3. The van der Waals surface area contributed by atoms with Crippen LogP contribution >= 0.6 is 0 Å². The number of hydrogen-bond donors (Lipinski definition) is 3. The molecule has 0 fully saturated rings. The zero-order valence-corrected chi connectivity index (χ0v) is 9.18. The van der Waals surface area contributed by atoms with E-state index >= 15 is 0 Å². The smallest absolute Gasteiger partial charge is 0.122 e. The molecule has 0 bridgehead atoms. The van der Waals surface area contributed by atoms with E-state index in [4.69, 9.17) is 11.5 Å². The number of rotatable bonds is 0. The number of nitrogens with two attached hydrogens (primary N) is 2. The van der Waals surface area contributed by atoms with Crippen molar-refractivity contribution in [3.05, 3.63) is 17.2 Å². The summed E-state index contributed by atoms with van der Waals surface area (Å²) in [6.45, 7) is 7.93. The van der Waals surface area contributed by atoms with Crippen molar-refractivity contribution < 1.29 is 5.11 Å². The maximum Gasteiger partial charge on any atom is 0.122 e. The summed E-state index contributed by atoms with van der Waals surface area (Å²) in [5.41, 5.74) is 14.4. The third kappa shape index (κ3) is 1.62. The summed E-state index contributed by atoms with van der Waals surface area (Å²) in [7, 11) is 0. The van der Waals surface area contributed by atoms with Crippen molar-refractivity contribution in [3.63, 3.8) is 0 Å².